The number of fused-ring (bicyclic) bond motifs is 1. The summed E-state index contributed by atoms with van der Waals surface area (Å²) in [6.45, 7) is 8.41. The highest BCUT2D eigenvalue weighted by Gasteiger charge is 2.23. The molecule has 0 spiro atoms. The zero-order valence-electron chi connectivity index (χ0n) is 18.8. The third-order valence-electron chi connectivity index (χ3n) is 6.27. The molecule has 2 aromatic heterocycles. The molecule has 34 heavy (non-hydrogen) atoms. The molecule has 0 aliphatic carbocycles. The number of amides is 1. The van der Waals surface area contributed by atoms with E-state index in [9.17, 15) is 9.18 Å². The van der Waals surface area contributed by atoms with Gasteiger partial charge in [0.15, 0.2) is 0 Å². The Balaban J connectivity index is 1.55. The lowest BCUT2D eigenvalue weighted by atomic mass is 10.0. The fourth-order valence-corrected chi connectivity index (χ4v) is 4.48. The van der Waals surface area contributed by atoms with E-state index in [-0.39, 0.29) is 24.2 Å². The lowest BCUT2D eigenvalue weighted by Gasteiger charge is -2.30. The van der Waals surface area contributed by atoms with Crippen molar-refractivity contribution in [1.82, 2.24) is 24.5 Å². The SMILES string of the molecule is [C-]#[N+]c1ccc(-c2nn(CC(=O)N3CCC[C@@H](N)C3)cc2-c2ccc3c(cnn3C)c2)cc1F. The molecule has 0 radical (unpaired) electrons. The van der Waals surface area contributed by atoms with Crippen molar-refractivity contribution in [1.29, 1.82) is 0 Å². The van der Waals surface area contributed by atoms with Crippen LogP contribution in [-0.2, 0) is 18.4 Å². The number of hydrogen-bond donors (Lipinski definition) is 1. The summed E-state index contributed by atoms with van der Waals surface area (Å²) in [7, 11) is 1.88. The van der Waals surface area contributed by atoms with Crippen LogP contribution in [0, 0.1) is 12.4 Å². The molecule has 0 unspecified atom stereocenters. The van der Waals surface area contributed by atoms with E-state index < -0.39 is 5.82 Å². The Bertz CT molecular complexity index is 1430. The minimum atomic E-state index is -0.603. The van der Waals surface area contributed by atoms with Gasteiger partial charge in [-0.1, -0.05) is 18.2 Å². The number of nitrogens with two attached hydrogens (primary N) is 1. The van der Waals surface area contributed by atoms with Gasteiger partial charge in [-0.3, -0.25) is 14.2 Å². The monoisotopic (exact) mass is 457 g/mol. The van der Waals surface area contributed by atoms with E-state index in [1.54, 1.807) is 26.5 Å². The van der Waals surface area contributed by atoms with E-state index in [1.165, 1.54) is 12.1 Å². The summed E-state index contributed by atoms with van der Waals surface area (Å²) in [6, 6.07) is 10.4. The van der Waals surface area contributed by atoms with Crippen LogP contribution in [0.2, 0.25) is 0 Å². The fraction of sp³-hybridized carbons (Fsp3) is 0.280. The first-order chi connectivity index (χ1) is 16.4. The Hall–Kier alpha value is -4.03. The molecule has 8 nitrogen and oxygen atoms in total. The second kappa shape index (κ2) is 8.72. The summed E-state index contributed by atoms with van der Waals surface area (Å²) in [4.78, 5) is 17.9. The number of nitrogens with zero attached hydrogens (tertiary/aromatic N) is 6. The summed E-state index contributed by atoms with van der Waals surface area (Å²) in [5.41, 5.74) is 9.71. The van der Waals surface area contributed by atoms with Crippen LogP contribution in [0.25, 0.3) is 38.1 Å². The van der Waals surface area contributed by atoms with Crippen molar-refractivity contribution in [3.63, 3.8) is 0 Å². The summed E-state index contributed by atoms with van der Waals surface area (Å²) in [5.74, 6) is -0.651. The van der Waals surface area contributed by atoms with Gasteiger partial charge in [0.1, 0.15) is 18.1 Å². The van der Waals surface area contributed by atoms with E-state index in [4.69, 9.17) is 12.3 Å². The number of rotatable bonds is 4. The average molecular weight is 458 g/mol. The smallest absolute Gasteiger partial charge is 0.244 e. The van der Waals surface area contributed by atoms with Gasteiger partial charge in [0.2, 0.25) is 11.6 Å². The molecule has 2 aromatic carbocycles. The van der Waals surface area contributed by atoms with Crippen LogP contribution in [0.5, 0.6) is 0 Å². The van der Waals surface area contributed by atoms with Crippen LogP contribution in [-0.4, -0.2) is 49.5 Å². The molecule has 1 aliphatic heterocycles. The molecule has 9 heteroatoms. The predicted molar refractivity (Wildman–Crippen MR) is 127 cm³/mol. The molecular formula is C25H24FN7O. The third kappa shape index (κ3) is 4.04. The molecule has 2 N–H and O–H groups in total. The van der Waals surface area contributed by atoms with Gasteiger partial charge in [0.05, 0.1) is 18.3 Å². The minimum Gasteiger partial charge on any atom is -0.340 e. The summed E-state index contributed by atoms with van der Waals surface area (Å²) >= 11 is 0. The number of likely N-dealkylation sites (tertiary alicyclic amines) is 1. The Morgan fingerprint density at radius 2 is 2.09 bits per heavy atom. The van der Waals surface area contributed by atoms with Gasteiger partial charge < -0.3 is 10.6 Å². The van der Waals surface area contributed by atoms with Crippen molar-refractivity contribution in [3.8, 4) is 22.4 Å². The number of aromatic nitrogens is 4. The van der Waals surface area contributed by atoms with Crippen LogP contribution in [0.4, 0.5) is 10.1 Å². The third-order valence-corrected chi connectivity index (χ3v) is 6.27. The highest BCUT2D eigenvalue weighted by molar-refractivity contribution is 5.89. The first-order valence-electron chi connectivity index (χ1n) is 11.1. The molecule has 1 aliphatic rings. The maximum Gasteiger partial charge on any atom is 0.244 e. The largest absolute Gasteiger partial charge is 0.340 e. The molecule has 0 saturated carbocycles. The van der Waals surface area contributed by atoms with E-state index in [2.05, 4.69) is 15.0 Å². The Kier molecular flexibility index (Phi) is 5.59. The highest BCUT2D eigenvalue weighted by Crippen LogP contribution is 2.34. The molecule has 3 heterocycles. The molecule has 0 bridgehead atoms. The average Bonchev–Trinajstić information content (AvgIpc) is 3.42. The maximum absolute atomic E-state index is 14.4. The Morgan fingerprint density at radius 1 is 1.26 bits per heavy atom. The fourth-order valence-electron chi connectivity index (χ4n) is 4.48. The van der Waals surface area contributed by atoms with Crippen LogP contribution >= 0.6 is 0 Å². The molecule has 1 saturated heterocycles. The lowest BCUT2D eigenvalue weighted by Crippen LogP contribution is -2.46. The lowest BCUT2D eigenvalue weighted by molar-refractivity contribution is -0.133. The van der Waals surface area contributed by atoms with E-state index in [1.807, 2.05) is 31.4 Å². The number of hydrogen-bond acceptors (Lipinski definition) is 4. The first kappa shape index (κ1) is 21.8. The molecule has 172 valence electrons. The normalized spacial score (nSPS) is 16.1. The quantitative estimate of drug-likeness (QED) is 0.473. The highest BCUT2D eigenvalue weighted by atomic mass is 19.1. The predicted octanol–water partition coefficient (Wildman–Crippen LogP) is 3.74. The van der Waals surface area contributed by atoms with Gasteiger partial charge in [-0.2, -0.15) is 10.2 Å². The van der Waals surface area contributed by atoms with Crippen molar-refractivity contribution in [3.05, 3.63) is 66.0 Å². The summed E-state index contributed by atoms with van der Waals surface area (Å²) in [6.07, 6.45) is 5.41. The van der Waals surface area contributed by atoms with E-state index in [0.717, 1.165) is 34.9 Å². The molecule has 4 aromatic rings. The molecule has 1 amide bonds. The standard InChI is InChI=1S/C25H24FN7O/c1-28-22-7-5-17(11-21(22)26)25-20(16-6-8-23-18(10-16)12-29-31(23)2)14-33(30-25)15-24(34)32-9-3-4-19(27)13-32/h5-8,10-12,14,19H,3-4,9,13,15,27H2,2H3/t19-/m1/s1. The molecule has 1 atom stereocenters. The van der Waals surface area contributed by atoms with Gasteiger partial charge >= 0.3 is 0 Å². The molecule has 1 fully saturated rings. The van der Waals surface area contributed by atoms with Crippen LogP contribution in [0.3, 0.4) is 0 Å². The van der Waals surface area contributed by atoms with Crippen molar-refractivity contribution < 1.29 is 9.18 Å². The van der Waals surface area contributed by atoms with Gasteiger partial charge in [-0.05, 0) is 36.6 Å². The van der Waals surface area contributed by atoms with Crippen molar-refractivity contribution in [2.24, 2.45) is 12.8 Å². The Morgan fingerprint density at radius 3 is 2.85 bits per heavy atom. The zero-order valence-corrected chi connectivity index (χ0v) is 18.8. The summed E-state index contributed by atoms with van der Waals surface area (Å²) < 4.78 is 17.8. The topological polar surface area (TPSA) is 86.3 Å². The first-order valence-corrected chi connectivity index (χ1v) is 11.1. The van der Waals surface area contributed by atoms with Crippen molar-refractivity contribution >= 4 is 22.5 Å². The zero-order chi connectivity index (χ0) is 23.8. The second-order valence-corrected chi connectivity index (χ2v) is 8.65. The van der Waals surface area contributed by atoms with Crippen LogP contribution < -0.4 is 5.73 Å². The van der Waals surface area contributed by atoms with Crippen molar-refractivity contribution in [2.75, 3.05) is 13.1 Å². The number of benzene rings is 2. The minimum absolute atomic E-state index is 0.00316. The molecule has 5 rings (SSSR count). The number of carbonyl (C=O) groups excluding carboxylic acids is 1. The number of aryl methyl sites for hydroxylation is 1. The number of halogens is 1. The number of piperidine rings is 1. The molecular weight excluding hydrogens is 433 g/mol. The van der Waals surface area contributed by atoms with Crippen LogP contribution in [0.15, 0.2) is 48.8 Å². The van der Waals surface area contributed by atoms with Gasteiger partial charge in [0.25, 0.3) is 0 Å². The number of carbonyl (C=O) groups is 1. The van der Waals surface area contributed by atoms with Gasteiger partial charge in [0, 0.05) is 48.9 Å². The van der Waals surface area contributed by atoms with Crippen LogP contribution in [0.1, 0.15) is 12.8 Å². The van der Waals surface area contributed by atoms with Crippen molar-refractivity contribution in [2.45, 2.75) is 25.4 Å². The van der Waals surface area contributed by atoms with E-state index >= 15 is 0 Å². The Labute approximate surface area is 196 Å². The second-order valence-electron chi connectivity index (χ2n) is 8.65. The van der Waals surface area contributed by atoms with Gasteiger partial charge in [-0.15, -0.1) is 0 Å². The van der Waals surface area contributed by atoms with Gasteiger partial charge in [-0.25, -0.2) is 9.24 Å². The summed E-state index contributed by atoms with van der Waals surface area (Å²) in [5, 5.41) is 9.93. The maximum atomic E-state index is 14.4. The van der Waals surface area contributed by atoms with E-state index in [0.29, 0.717) is 24.3 Å².